The Hall–Kier alpha value is -1.61. The number of aliphatic hydroxyl groups excluding tert-OH is 2. The highest BCUT2D eigenvalue weighted by molar-refractivity contribution is 5.58. The molecule has 1 aromatic carbocycles. The average molecular weight is 264 g/mol. The summed E-state index contributed by atoms with van der Waals surface area (Å²) < 4.78 is 5.05. The highest BCUT2D eigenvalue weighted by atomic mass is 16.5. The van der Waals surface area contributed by atoms with E-state index in [0.717, 1.165) is 11.3 Å². The van der Waals surface area contributed by atoms with Crippen molar-refractivity contribution in [1.29, 1.82) is 5.26 Å². The fraction of sp³-hybridized carbons (Fsp3) is 0.500. The number of aliphatic hydroxyl groups is 2. The fourth-order valence-corrected chi connectivity index (χ4v) is 1.92. The number of methoxy groups -OCH3 is 1. The molecular weight excluding hydrogens is 244 g/mol. The lowest BCUT2D eigenvalue weighted by atomic mass is 10.0. The average Bonchev–Trinajstić information content (AvgIpc) is 2.42. The number of hydrogen-bond acceptors (Lipinski definition) is 5. The Kier molecular flexibility index (Phi) is 6.30. The van der Waals surface area contributed by atoms with Crippen molar-refractivity contribution < 1.29 is 14.9 Å². The molecule has 104 valence electrons. The quantitative estimate of drug-likeness (QED) is 0.770. The first-order valence-electron chi connectivity index (χ1n) is 6.21. The van der Waals surface area contributed by atoms with Crippen molar-refractivity contribution in [2.24, 2.45) is 0 Å². The fourth-order valence-electron chi connectivity index (χ4n) is 1.92. The highest BCUT2D eigenvalue weighted by Crippen LogP contribution is 2.27. The van der Waals surface area contributed by atoms with Crippen LogP contribution < -0.4 is 4.90 Å². The molecule has 1 unspecified atom stereocenters. The van der Waals surface area contributed by atoms with E-state index >= 15 is 0 Å². The summed E-state index contributed by atoms with van der Waals surface area (Å²) in [5, 5.41) is 27.9. The lowest BCUT2D eigenvalue weighted by Crippen LogP contribution is -2.31. The minimum Gasteiger partial charge on any atom is -0.395 e. The molecule has 0 aliphatic carbocycles. The number of nitriles is 1. The molecule has 0 saturated carbocycles. The third-order valence-corrected chi connectivity index (χ3v) is 2.89. The van der Waals surface area contributed by atoms with Gasteiger partial charge in [-0.25, -0.2) is 0 Å². The molecule has 0 saturated heterocycles. The lowest BCUT2D eigenvalue weighted by molar-refractivity contribution is 0.196. The molecule has 5 nitrogen and oxygen atoms in total. The van der Waals surface area contributed by atoms with E-state index in [9.17, 15) is 5.11 Å². The molecular formula is C14H20N2O3. The van der Waals surface area contributed by atoms with Gasteiger partial charge in [-0.15, -0.1) is 0 Å². The molecule has 0 aliphatic rings. The Labute approximate surface area is 113 Å². The van der Waals surface area contributed by atoms with E-state index in [1.807, 2.05) is 4.90 Å². The zero-order chi connectivity index (χ0) is 14.3. The van der Waals surface area contributed by atoms with E-state index in [1.54, 1.807) is 32.2 Å². The van der Waals surface area contributed by atoms with Crippen LogP contribution in [0.3, 0.4) is 0 Å². The normalized spacial score (nSPS) is 11.9. The van der Waals surface area contributed by atoms with Crippen LogP contribution in [0.25, 0.3) is 0 Å². The van der Waals surface area contributed by atoms with Crippen molar-refractivity contribution in [2.45, 2.75) is 13.0 Å². The van der Waals surface area contributed by atoms with E-state index in [4.69, 9.17) is 15.1 Å². The van der Waals surface area contributed by atoms with Crippen LogP contribution >= 0.6 is 0 Å². The largest absolute Gasteiger partial charge is 0.395 e. The van der Waals surface area contributed by atoms with Crippen molar-refractivity contribution in [1.82, 2.24) is 0 Å². The molecule has 1 aromatic rings. The van der Waals surface area contributed by atoms with Gasteiger partial charge in [-0.05, 0) is 19.1 Å². The van der Waals surface area contributed by atoms with Crippen LogP contribution in [0.2, 0.25) is 0 Å². The second-order valence-electron chi connectivity index (χ2n) is 4.26. The van der Waals surface area contributed by atoms with Crippen LogP contribution in [-0.2, 0) is 4.74 Å². The molecule has 0 heterocycles. The molecule has 0 radical (unpaired) electrons. The van der Waals surface area contributed by atoms with Gasteiger partial charge in [0.05, 0.1) is 31.0 Å². The van der Waals surface area contributed by atoms with Crippen molar-refractivity contribution in [3.05, 3.63) is 29.3 Å². The third-order valence-electron chi connectivity index (χ3n) is 2.89. The summed E-state index contributed by atoms with van der Waals surface area (Å²) in [5.74, 6) is 0. The van der Waals surface area contributed by atoms with Gasteiger partial charge >= 0.3 is 0 Å². The molecule has 0 aliphatic heterocycles. The SMILES string of the molecule is COCCN(CCO)c1cc(C#N)ccc1C(C)O. The Morgan fingerprint density at radius 3 is 2.68 bits per heavy atom. The van der Waals surface area contributed by atoms with Crippen LogP contribution in [-0.4, -0.2) is 43.6 Å². The predicted octanol–water partition coefficient (Wildman–Crippen LogP) is 1.06. The minimum atomic E-state index is -0.633. The van der Waals surface area contributed by atoms with Crippen LogP contribution in [0.1, 0.15) is 24.2 Å². The standard InChI is InChI=1S/C14H20N2O3/c1-11(18)13-4-3-12(10-15)9-14(13)16(5-7-17)6-8-19-2/h3-4,9,11,17-18H,5-8H2,1-2H3. The zero-order valence-corrected chi connectivity index (χ0v) is 11.3. The van der Waals surface area contributed by atoms with Crippen molar-refractivity contribution >= 4 is 5.69 Å². The van der Waals surface area contributed by atoms with Gasteiger partial charge in [-0.1, -0.05) is 6.07 Å². The van der Waals surface area contributed by atoms with Gasteiger partial charge in [0.1, 0.15) is 0 Å². The molecule has 0 bridgehead atoms. The maximum absolute atomic E-state index is 9.81. The van der Waals surface area contributed by atoms with Gasteiger partial charge < -0.3 is 19.8 Å². The van der Waals surface area contributed by atoms with Gasteiger partial charge in [-0.2, -0.15) is 5.26 Å². The number of nitrogens with zero attached hydrogens (tertiary/aromatic N) is 2. The van der Waals surface area contributed by atoms with Gasteiger partial charge in [0.15, 0.2) is 0 Å². The number of hydrogen-bond donors (Lipinski definition) is 2. The van der Waals surface area contributed by atoms with Crippen LogP contribution in [0.4, 0.5) is 5.69 Å². The first-order chi connectivity index (χ1) is 9.13. The van der Waals surface area contributed by atoms with Crippen molar-refractivity contribution in [3.8, 4) is 6.07 Å². The molecule has 5 heteroatoms. The van der Waals surface area contributed by atoms with Crippen molar-refractivity contribution in [3.63, 3.8) is 0 Å². The maximum atomic E-state index is 9.81. The van der Waals surface area contributed by atoms with Crippen LogP contribution in [0.5, 0.6) is 0 Å². The predicted molar refractivity (Wildman–Crippen MR) is 73.0 cm³/mol. The summed E-state index contributed by atoms with van der Waals surface area (Å²) in [4.78, 5) is 1.91. The molecule has 2 N–H and O–H groups in total. The molecule has 0 fully saturated rings. The Morgan fingerprint density at radius 1 is 1.42 bits per heavy atom. The summed E-state index contributed by atoms with van der Waals surface area (Å²) in [6.45, 7) is 3.21. The molecule has 1 rings (SSSR count). The first kappa shape index (κ1) is 15.4. The monoisotopic (exact) mass is 264 g/mol. The maximum Gasteiger partial charge on any atom is 0.0992 e. The number of anilines is 1. The molecule has 0 spiro atoms. The second kappa shape index (κ2) is 7.74. The summed E-state index contributed by atoms with van der Waals surface area (Å²) in [6, 6.07) is 7.24. The van der Waals surface area contributed by atoms with Gasteiger partial charge in [0.25, 0.3) is 0 Å². The number of rotatable bonds is 7. The summed E-state index contributed by atoms with van der Waals surface area (Å²) in [7, 11) is 1.61. The summed E-state index contributed by atoms with van der Waals surface area (Å²) in [5.41, 5.74) is 2.03. The number of ether oxygens (including phenoxy) is 1. The number of benzene rings is 1. The minimum absolute atomic E-state index is 0.000253. The smallest absolute Gasteiger partial charge is 0.0992 e. The first-order valence-corrected chi connectivity index (χ1v) is 6.21. The summed E-state index contributed by atoms with van der Waals surface area (Å²) in [6.07, 6.45) is -0.633. The van der Waals surface area contributed by atoms with Crippen LogP contribution in [0.15, 0.2) is 18.2 Å². The third kappa shape index (κ3) is 4.21. The highest BCUT2D eigenvalue weighted by Gasteiger charge is 2.15. The Bertz CT molecular complexity index is 441. The van der Waals surface area contributed by atoms with Crippen LogP contribution in [0, 0.1) is 11.3 Å². The van der Waals surface area contributed by atoms with E-state index in [1.165, 1.54) is 0 Å². The van der Waals surface area contributed by atoms with E-state index in [-0.39, 0.29) is 6.61 Å². The van der Waals surface area contributed by atoms with Gasteiger partial charge in [0, 0.05) is 31.5 Å². The van der Waals surface area contributed by atoms with Gasteiger partial charge in [0.2, 0.25) is 0 Å². The summed E-state index contributed by atoms with van der Waals surface area (Å²) >= 11 is 0. The lowest BCUT2D eigenvalue weighted by Gasteiger charge is -2.27. The Balaban J connectivity index is 3.13. The molecule has 0 aromatic heterocycles. The molecule has 1 atom stereocenters. The van der Waals surface area contributed by atoms with E-state index < -0.39 is 6.10 Å². The van der Waals surface area contributed by atoms with Gasteiger partial charge in [-0.3, -0.25) is 0 Å². The van der Waals surface area contributed by atoms with E-state index in [2.05, 4.69) is 6.07 Å². The molecule has 19 heavy (non-hydrogen) atoms. The second-order valence-corrected chi connectivity index (χ2v) is 4.26. The van der Waals surface area contributed by atoms with Crippen molar-refractivity contribution in [2.75, 3.05) is 38.3 Å². The van der Waals surface area contributed by atoms with E-state index in [0.29, 0.717) is 25.3 Å². The molecule has 0 amide bonds. The zero-order valence-electron chi connectivity index (χ0n) is 11.3. The Morgan fingerprint density at radius 2 is 2.16 bits per heavy atom. The topological polar surface area (TPSA) is 76.7 Å².